The average molecular weight is 449 g/mol. The summed E-state index contributed by atoms with van der Waals surface area (Å²) in [6.07, 6.45) is 3.66. The molecule has 3 rings (SSSR count). The summed E-state index contributed by atoms with van der Waals surface area (Å²) < 4.78 is 0. The molecule has 0 aliphatic carbocycles. The number of aromatic nitrogens is 1. The number of hydrogen-bond donors (Lipinski definition) is 3. The van der Waals surface area contributed by atoms with Gasteiger partial charge in [-0.2, -0.15) is 0 Å². The normalized spacial score (nSPS) is 11.1. The van der Waals surface area contributed by atoms with E-state index in [1.807, 2.05) is 25.1 Å². The van der Waals surface area contributed by atoms with Gasteiger partial charge in [0.25, 0.3) is 0 Å². The largest absolute Gasteiger partial charge is 0.478 e. The van der Waals surface area contributed by atoms with Crippen LogP contribution in [0.3, 0.4) is 0 Å². The van der Waals surface area contributed by atoms with Crippen molar-refractivity contribution >= 4 is 30.8 Å². The van der Waals surface area contributed by atoms with Crippen LogP contribution in [0.2, 0.25) is 0 Å². The summed E-state index contributed by atoms with van der Waals surface area (Å²) >= 11 is 0. The Morgan fingerprint density at radius 2 is 1.83 bits per heavy atom. The smallest absolute Gasteiger partial charge is 0.335 e. The van der Waals surface area contributed by atoms with E-state index in [4.69, 9.17) is 5.11 Å². The molecule has 0 saturated heterocycles. The van der Waals surface area contributed by atoms with Crippen molar-refractivity contribution in [2.45, 2.75) is 19.4 Å². The third-order valence-corrected chi connectivity index (χ3v) is 4.74. The van der Waals surface area contributed by atoms with Crippen LogP contribution in [0, 0.1) is 6.92 Å². The second kappa shape index (κ2) is 12.3. The van der Waals surface area contributed by atoms with Crippen molar-refractivity contribution in [3.8, 4) is 11.1 Å². The Morgan fingerprint density at radius 1 is 1.10 bits per heavy atom. The first kappa shape index (κ1) is 25.6. The number of carboxylic acid groups (broad SMARTS) is 1. The van der Waals surface area contributed by atoms with E-state index in [1.54, 1.807) is 24.5 Å². The van der Waals surface area contributed by atoms with Crippen molar-refractivity contribution in [1.29, 1.82) is 0 Å². The van der Waals surface area contributed by atoms with Gasteiger partial charge in [-0.15, -0.1) is 24.8 Å². The minimum atomic E-state index is -0.911. The Kier molecular flexibility index (Phi) is 10.5. The van der Waals surface area contributed by atoms with Gasteiger partial charge in [-0.1, -0.05) is 36.4 Å². The van der Waals surface area contributed by atoms with Crippen molar-refractivity contribution in [2.24, 2.45) is 0 Å². The Balaban J connectivity index is 0.00000225. The Morgan fingerprint density at radius 3 is 2.43 bits per heavy atom. The molecule has 3 aromatic rings. The Bertz CT molecular complexity index is 935. The molecule has 30 heavy (non-hydrogen) atoms. The maximum atomic E-state index is 11.1. The van der Waals surface area contributed by atoms with E-state index in [1.165, 1.54) is 5.56 Å². The standard InChI is InChI=1S/C23H24N2O3.2ClH/c1-16-13-19(23(27)28)8-9-21(16)18-6-4-17(5-7-18)10-12-25-15-22(26)20-3-2-11-24-14-20;;/h2-9,11,13-14,22,25-26H,10,12,15H2,1H3,(H,27,28);2*1H/t22-;;/m1../s1. The number of aliphatic hydroxyl groups is 1. The van der Waals surface area contributed by atoms with Gasteiger partial charge >= 0.3 is 5.97 Å². The number of rotatable bonds is 8. The molecule has 0 amide bonds. The SMILES string of the molecule is Cc1cc(C(=O)O)ccc1-c1ccc(CCNC[C@@H](O)c2cccnc2)cc1.Cl.Cl. The topological polar surface area (TPSA) is 82.5 Å². The molecule has 3 N–H and O–H groups in total. The average Bonchev–Trinajstić information content (AvgIpc) is 2.72. The van der Waals surface area contributed by atoms with E-state index in [-0.39, 0.29) is 24.8 Å². The van der Waals surface area contributed by atoms with Crippen LogP contribution < -0.4 is 5.32 Å². The van der Waals surface area contributed by atoms with Gasteiger partial charge in [-0.3, -0.25) is 4.98 Å². The monoisotopic (exact) mass is 448 g/mol. The minimum Gasteiger partial charge on any atom is -0.478 e. The second-order valence-electron chi connectivity index (χ2n) is 6.79. The number of pyridine rings is 1. The van der Waals surface area contributed by atoms with Crippen molar-refractivity contribution in [1.82, 2.24) is 10.3 Å². The first-order valence-corrected chi connectivity index (χ1v) is 9.26. The number of nitrogens with zero attached hydrogens (tertiary/aromatic N) is 1. The van der Waals surface area contributed by atoms with Crippen molar-refractivity contribution in [3.05, 3.63) is 89.2 Å². The molecule has 160 valence electrons. The maximum absolute atomic E-state index is 11.1. The number of halogens is 2. The van der Waals surface area contributed by atoms with Gasteiger partial charge in [0.2, 0.25) is 0 Å². The van der Waals surface area contributed by atoms with E-state index >= 15 is 0 Å². The van der Waals surface area contributed by atoms with Crippen molar-refractivity contribution in [3.63, 3.8) is 0 Å². The highest BCUT2D eigenvalue weighted by Crippen LogP contribution is 2.25. The fraction of sp³-hybridized carbons (Fsp3) is 0.217. The van der Waals surface area contributed by atoms with Crippen LogP contribution >= 0.6 is 24.8 Å². The number of aryl methyl sites for hydroxylation is 1. The molecule has 0 aliphatic rings. The zero-order valence-electron chi connectivity index (χ0n) is 16.6. The van der Waals surface area contributed by atoms with Gasteiger partial charge in [0.05, 0.1) is 11.7 Å². The fourth-order valence-electron chi connectivity index (χ4n) is 3.13. The van der Waals surface area contributed by atoms with Crippen LogP contribution in [-0.4, -0.2) is 34.3 Å². The lowest BCUT2D eigenvalue weighted by Gasteiger charge is -2.12. The Hall–Kier alpha value is -2.44. The summed E-state index contributed by atoms with van der Waals surface area (Å²) in [5.41, 5.74) is 5.36. The van der Waals surface area contributed by atoms with Crippen molar-refractivity contribution in [2.75, 3.05) is 13.1 Å². The third-order valence-electron chi connectivity index (χ3n) is 4.74. The van der Waals surface area contributed by atoms with Gasteiger partial charge in [0.1, 0.15) is 0 Å². The molecule has 0 saturated carbocycles. The van der Waals surface area contributed by atoms with Gasteiger partial charge in [0, 0.05) is 24.5 Å². The Labute approximate surface area is 189 Å². The number of aromatic carboxylic acids is 1. The molecule has 1 heterocycles. The lowest BCUT2D eigenvalue weighted by molar-refractivity contribution is 0.0697. The molecule has 2 aromatic carbocycles. The summed E-state index contributed by atoms with van der Waals surface area (Å²) in [4.78, 5) is 15.1. The van der Waals surface area contributed by atoms with Crippen molar-refractivity contribution < 1.29 is 15.0 Å². The van der Waals surface area contributed by atoms with Crippen LogP contribution in [0.5, 0.6) is 0 Å². The van der Waals surface area contributed by atoms with Gasteiger partial charge < -0.3 is 15.5 Å². The van der Waals surface area contributed by atoms with Gasteiger partial charge in [-0.05, 0) is 60.3 Å². The van der Waals surface area contributed by atoms with Crippen LogP contribution in [-0.2, 0) is 6.42 Å². The van der Waals surface area contributed by atoms with Crippen LogP contribution in [0.25, 0.3) is 11.1 Å². The number of nitrogens with one attached hydrogen (secondary N) is 1. The molecule has 0 fully saturated rings. The number of hydrogen-bond acceptors (Lipinski definition) is 4. The number of carbonyl (C=O) groups is 1. The molecular weight excluding hydrogens is 423 g/mol. The van der Waals surface area contributed by atoms with Gasteiger partial charge in [0.15, 0.2) is 0 Å². The fourth-order valence-corrected chi connectivity index (χ4v) is 3.13. The molecule has 0 radical (unpaired) electrons. The molecule has 0 spiro atoms. The zero-order chi connectivity index (χ0) is 19.9. The molecule has 1 atom stereocenters. The summed E-state index contributed by atoms with van der Waals surface area (Å²) in [6.45, 7) is 3.18. The summed E-state index contributed by atoms with van der Waals surface area (Å²) in [5, 5.41) is 22.5. The minimum absolute atomic E-state index is 0. The molecule has 0 unspecified atom stereocenters. The summed E-state index contributed by atoms with van der Waals surface area (Å²) in [6, 6.07) is 17.2. The predicted molar refractivity (Wildman–Crippen MR) is 124 cm³/mol. The highest BCUT2D eigenvalue weighted by atomic mass is 35.5. The highest BCUT2D eigenvalue weighted by molar-refractivity contribution is 5.89. The highest BCUT2D eigenvalue weighted by Gasteiger charge is 2.08. The predicted octanol–water partition coefficient (Wildman–Crippen LogP) is 4.46. The lowest BCUT2D eigenvalue weighted by Crippen LogP contribution is -2.23. The van der Waals surface area contributed by atoms with E-state index in [9.17, 15) is 9.90 Å². The molecule has 0 bridgehead atoms. The third kappa shape index (κ3) is 6.82. The molecule has 7 heteroatoms. The maximum Gasteiger partial charge on any atom is 0.335 e. The van der Waals surface area contributed by atoms with E-state index in [0.717, 1.165) is 35.2 Å². The van der Waals surface area contributed by atoms with Crippen LogP contribution in [0.15, 0.2) is 67.0 Å². The number of benzene rings is 2. The molecule has 1 aromatic heterocycles. The van der Waals surface area contributed by atoms with Crippen LogP contribution in [0.1, 0.15) is 33.2 Å². The quantitative estimate of drug-likeness (QED) is 0.443. The zero-order valence-corrected chi connectivity index (χ0v) is 18.2. The summed E-state index contributed by atoms with van der Waals surface area (Å²) in [7, 11) is 0. The molecule has 5 nitrogen and oxygen atoms in total. The van der Waals surface area contributed by atoms with Gasteiger partial charge in [-0.25, -0.2) is 4.79 Å². The van der Waals surface area contributed by atoms with E-state index in [0.29, 0.717) is 12.1 Å². The molecular formula is C23H26Cl2N2O3. The first-order chi connectivity index (χ1) is 13.5. The molecule has 0 aliphatic heterocycles. The lowest BCUT2D eigenvalue weighted by atomic mass is 9.97. The number of carboxylic acids is 1. The first-order valence-electron chi connectivity index (χ1n) is 9.26. The van der Waals surface area contributed by atoms with Crippen LogP contribution in [0.4, 0.5) is 0 Å². The van der Waals surface area contributed by atoms with E-state index < -0.39 is 12.1 Å². The second-order valence-corrected chi connectivity index (χ2v) is 6.79. The number of aliphatic hydroxyl groups excluding tert-OH is 1. The van der Waals surface area contributed by atoms with E-state index in [2.05, 4.69) is 34.6 Å². The summed E-state index contributed by atoms with van der Waals surface area (Å²) in [5.74, 6) is -0.911.